The van der Waals surface area contributed by atoms with Crippen LogP contribution in [0.2, 0.25) is 0 Å². The molecular formula is C23H25FN2O4S. The highest BCUT2D eigenvalue weighted by molar-refractivity contribution is 7.99. The van der Waals surface area contributed by atoms with Crippen molar-refractivity contribution in [1.29, 1.82) is 0 Å². The van der Waals surface area contributed by atoms with Gasteiger partial charge in [0.25, 0.3) is 5.91 Å². The van der Waals surface area contributed by atoms with Crippen molar-refractivity contribution >= 4 is 35.2 Å². The molecule has 1 heterocycles. The van der Waals surface area contributed by atoms with Crippen molar-refractivity contribution in [3.8, 4) is 0 Å². The summed E-state index contributed by atoms with van der Waals surface area (Å²) in [6.07, 6.45) is 1.32. The molecule has 1 saturated heterocycles. The summed E-state index contributed by atoms with van der Waals surface area (Å²) < 4.78 is 18.0. The Hall–Kier alpha value is -2.87. The number of nitrogens with one attached hydrogen (secondary N) is 1. The minimum absolute atomic E-state index is 0.0385. The molecule has 0 spiro atoms. The van der Waals surface area contributed by atoms with E-state index in [-0.39, 0.29) is 36.6 Å². The molecule has 1 aliphatic rings. The minimum atomic E-state index is -0.444. The largest absolute Gasteiger partial charge is 0.456 e. The third kappa shape index (κ3) is 7.40. The number of benzene rings is 2. The average molecular weight is 445 g/mol. The van der Waals surface area contributed by atoms with E-state index in [1.807, 2.05) is 30.3 Å². The lowest BCUT2D eigenvalue weighted by molar-refractivity contribution is -0.152. The van der Waals surface area contributed by atoms with Gasteiger partial charge in [0.1, 0.15) is 5.82 Å². The van der Waals surface area contributed by atoms with Crippen LogP contribution in [0.5, 0.6) is 0 Å². The number of thioether (sulfide) groups is 1. The molecule has 3 rings (SSSR count). The van der Waals surface area contributed by atoms with Crippen molar-refractivity contribution in [3.63, 3.8) is 0 Å². The number of carbonyl (C=O) groups excluding carboxylic acids is 3. The Morgan fingerprint density at radius 2 is 1.71 bits per heavy atom. The standard InChI is InChI=1S/C23H25FN2O4S/c24-18-6-8-20(9-7-18)31-15-12-22(28)30-16-21(27)26-13-10-17(11-14-26)23(29)25-19-4-2-1-3-5-19/h1-9,17H,10-16H2,(H,25,29). The quantitative estimate of drug-likeness (QED) is 0.496. The van der Waals surface area contributed by atoms with Gasteiger partial charge >= 0.3 is 5.97 Å². The predicted octanol–water partition coefficient (Wildman–Crippen LogP) is 3.73. The number of rotatable bonds is 8. The van der Waals surface area contributed by atoms with Gasteiger partial charge in [0.15, 0.2) is 6.61 Å². The fraction of sp³-hybridized carbons (Fsp3) is 0.348. The molecule has 0 unspecified atom stereocenters. The second kappa shape index (κ2) is 11.5. The molecule has 2 aromatic rings. The third-order valence-corrected chi connectivity index (χ3v) is 6.02. The van der Waals surface area contributed by atoms with Crippen LogP contribution in [0.4, 0.5) is 10.1 Å². The van der Waals surface area contributed by atoms with Crippen molar-refractivity contribution in [2.75, 3.05) is 30.8 Å². The normalized spacial score (nSPS) is 14.2. The van der Waals surface area contributed by atoms with Gasteiger partial charge in [0.05, 0.1) is 6.42 Å². The fourth-order valence-corrected chi connectivity index (χ4v) is 4.08. The molecule has 1 N–H and O–H groups in total. The fourth-order valence-electron chi connectivity index (χ4n) is 3.25. The molecular weight excluding hydrogens is 419 g/mol. The number of para-hydroxylation sites is 1. The summed E-state index contributed by atoms with van der Waals surface area (Å²) in [5.41, 5.74) is 0.760. The first-order chi connectivity index (χ1) is 15.0. The van der Waals surface area contributed by atoms with Gasteiger partial charge in [-0.2, -0.15) is 0 Å². The summed E-state index contributed by atoms with van der Waals surface area (Å²) in [5, 5.41) is 2.90. The van der Waals surface area contributed by atoms with Crippen molar-refractivity contribution in [2.24, 2.45) is 5.92 Å². The Kier molecular flexibility index (Phi) is 8.46. The van der Waals surface area contributed by atoms with E-state index in [4.69, 9.17) is 4.74 Å². The molecule has 0 aromatic heterocycles. The Bertz CT molecular complexity index is 884. The molecule has 2 aromatic carbocycles. The highest BCUT2D eigenvalue weighted by Crippen LogP contribution is 2.20. The smallest absolute Gasteiger partial charge is 0.307 e. The molecule has 8 heteroatoms. The van der Waals surface area contributed by atoms with Crippen LogP contribution < -0.4 is 5.32 Å². The van der Waals surface area contributed by atoms with Gasteiger partial charge in [-0.3, -0.25) is 14.4 Å². The summed E-state index contributed by atoms with van der Waals surface area (Å²) in [4.78, 5) is 39.0. The van der Waals surface area contributed by atoms with Gasteiger partial charge in [0, 0.05) is 35.3 Å². The molecule has 164 valence electrons. The van der Waals surface area contributed by atoms with Gasteiger partial charge in [-0.1, -0.05) is 18.2 Å². The van der Waals surface area contributed by atoms with E-state index < -0.39 is 5.97 Å². The maximum absolute atomic E-state index is 12.9. The molecule has 31 heavy (non-hydrogen) atoms. The monoisotopic (exact) mass is 444 g/mol. The lowest BCUT2D eigenvalue weighted by Gasteiger charge is -2.31. The van der Waals surface area contributed by atoms with Crippen molar-refractivity contribution < 1.29 is 23.5 Å². The third-order valence-electron chi connectivity index (χ3n) is 5.00. The number of carbonyl (C=O) groups is 3. The van der Waals surface area contributed by atoms with Gasteiger partial charge in [-0.15, -0.1) is 11.8 Å². The van der Waals surface area contributed by atoms with Crippen LogP contribution in [0, 0.1) is 11.7 Å². The van der Waals surface area contributed by atoms with E-state index in [1.54, 1.807) is 17.0 Å². The van der Waals surface area contributed by atoms with Crippen LogP contribution in [0.3, 0.4) is 0 Å². The Morgan fingerprint density at radius 1 is 1.03 bits per heavy atom. The highest BCUT2D eigenvalue weighted by atomic mass is 32.2. The Morgan fingerprint density at radius 3 is 2.39 bits per heavy atom. The van der Waals surface area contributed by atoms with Crippen LogP contribution in [0.1, 0.15) is 19.3 Å². The highest BCUT2D eigenvalue weighted by Gasteiger charge is 2.27. The van der Waals surface area contributed by atoms with Crippen molar-refractivity contribution in [1.82, 2.24) is 4.90 Å². The number of likely N-dealkylation sites (tertiary alicyclic amines) is 1. The van der Waals surface area contributed by atoms with Crippen LogP contribution in [0.15, 0.2) is 59.5 Å². The molecule has 0 saturated carbocycles. The van der Waals surface area contributed by atoms with E-state index in [9.17, 15) is 18.8 Å². The zero-order valence-electron chi connectivity index (χ0n) is 17.1. The van der Waals surface area contributed by atoms with Crippen LogP contribution in [-0.2, 0) is 19.1 Å². The number of hydrogen-bond acceptors (Lipinski definition) is 5. The second-order valence-corrected chi connectivity index (χ2v) is 8.39. The lowest BCUT2D eigenvalue weighted by atomic mass is 9.95. The Labute approximate surface area is 185 Å². The van der Waals surface area contributed by atoms with Gasteiger partial charge < -0.3 is 15.0 Å². The summed E-state index contributed by atoms with van der Waals surface area (Å²) in [7, 11) is 0. The number of ether oxygens (including phenoxy) is 1. The van der Waals surface area contributed by atoms with E-state index in [2.05, 4.69) is 5.32 Å². The number of hydrogen-bond donors (Lipinski definition) is 1. The number of nitrogens with zero attached hydrogens (tertiary/aromatic N) is 1. The van der Waals surface area contributed by atoms with Gasteiger partial charge in [-0.25, -0.2) is 4.39 Å². The molecule has 1 fully saturated rings. The first-order valence-electron chi connectivity index (χ1n) is 10.2. The summed E-state index contributed by atoms with van der Waals surface area (Å²) in [5.74, 6) is -0.691. The Balaban J connectivity index is 1.31. The molecule has 6 nitrogen and oxygen atoms in total. The zero-order chi connectivity index (χ0) is 22.1. The summed E-state index contributed by atoms with van der Waals surface area (Å²) >= 11 is 1.42. The van der Waals surface area contributed by atoms with E-state index in [0.717, 1.165) is 10.6 Å². The van der Waals surface area contributed by atoms with E-state index in [0.29, 0.717) is 31.7 Å². The maximum Gasteiger partial charge on any atom is 0.307 e. The number of amides is 2. The molecule has 0 bridgehead atoms. The van der Waals surface area contributed by atoms with Gasteiger partial charge in [-0.05, 0) is 49.2 Å². The van der Waals surface area contributed by atoms with E-state index >= 15 is 0 Å². The minimum Gasteiger partial charge on any atom is -0.456 e. The summed E-state index contributed by atoms with van der Waals surface area (Å²) in [6.45, 7) is 0.633. The zero-order valence-corrected chi connectivity index (χ0v) is 17.9. The van der Waals surface area contributed by atoms with Crippen molar-refractivity contribution in [2.45, 2.75) is 24.2 Å². The molecule has 1 aliphatic heterocycles. The molecule has 2 amide bonds. The van der Waals surface area contributed by atoms with Crippen LogP contribution >= 0.6 is 11.8 Å². The number of esters is 1. The second-order valence-electron chi connectivity index (χ2n) is 7.22. The van der Waals surface area contributed by atoms with Crippen LogP contribution in [-0.4, -0.2) is 48.1 Å². The SMILES string of the molecule is O=C(CCSc1ccc(F)cc1)OCC(=O)N1CCC(C(=O)Nc2ccccc2)CC1. The summed E-state index contributed by atoms with van der Waals surface area (Å²) in [6, 6.07) is 15.3. The molecule has 0 aliphatic carbocycles. The van der Waals surface area contributed by atoms with E-state index in [1.165, 1.54) is 23.9 Å². The average Bonchev–Trinajstić information content (AvgIpc) is 2.79. The van der Waals surface area contributed by atoms with Crippen molar-refractivity contribution in [3.05, 3.63) is 60.4 Å². The first kappa shape index (κ1) is 22.8. The first-order valence-corrected chi connectivity index (χ1v) is 11.2. The number of anilines is 1. The number of halogens is 1. The molecule has 0 radical (unpaired) electrons. The topological polar surface area (TPSA) is 75.7 Å². The van der Waals surface area contributed by atoms with Crippen LogP contribution in [0.25, 0.3) is 0 Å². The maximum atomic E-state index is 12.9. The van der Waals surface area contributed by atoms with Gasteiger partial charge in [0.2, 0.25) is 5.91 Å². The predicted molar refractivity (Wildman–Crippen MR) is 117 cm³/mol. The number of piperidine rings is 1. The lowest BCUT2D eigenvalue weighted by Crippen LogP contribution is -2.43. The molecule has 0 atom stereocenters.